The summed E-state index contributed by atoms with van der Waals surface area (Å²) in [5.41, 5.74) is 8.98. The molecule has 0 amide bonds. The molecule has 2 heteroatoms. The third kappa shape index (κ3) is 2.60. The van der Waals surface area contributed by atoms with Crippen molar-refractivity contribution in [1.82, 2.24) is 0 Å². The average Bonchev–Trinajstić information content (AvgIpc) is 2.88. The molecule has 0 bridgehead atoms. The van der Waals surface area contributed by atoms with Crippen LogP contribution in [0.5, 0.6) is 0 Å². The van der Waals surface area contributed by atoms with Crippen molar-refractivity contribution in [3.8, 4) is 0 Å². The zero-order valence-electron chi connectivity index (χ0n) is 11.6. The first kappa shape index (κ1) is 13.6. The zero-order valence-corrected chi connectivity index (χ0v) is 11.6. The molecule has 2 nitrogen and oxygen atoms in total. The molecule has 1 fully saturated rings. The van der Waals surface area contributed by atoms with Crippen LogP contribution in [0.25, 0.3) is 0 Å². The highest BCUT2D eigenvalue weighted by Crippen LogP contribution is 2.41. The topological polar surface area (TPSA) is 35.2 Å². The number of nitrogens with two attached hydrogens (primary N) is 1. The SMILES string of the molecule is CCOC1(C(N)c2cccc(CC)c2)CCCC1. The van der Waals surface area contributed by atoms with Crippen LogP contribution in [0.15, 0.2) is 24.3 Å². The molecule has 1 aromatic carbocycles. The maximum Gasteiger partial charge on any atom is 0.0874 e. The van der Waals surface area contributed by atoms with E-state index < -0.39 is 0 Å². The van der Waals surface area contributed by atoms with Gasteiger partial charge >= 0.3 is 0 Å². The molecule has 100 valence electrons. The van der Waals surface area contributed by atoms with Gasteiger partial charge in [0.05, 0.1) is 11.6 Å². The van der Waals surface area contributed by atoms with Gasteiger partial charge in [0, 0.05) is 6.61 Å². The second-order valence-electron chi connectivity index (χ2n) is 5.28. The van der Waals surface area contributed by atoms with Crippen molar-refractivity contribution >= 4 is 0 Å². The lowest BCUT2D eigenvalue weighted by molar-refractivity contribution is -0.0536. The second kappa shape index (κ2) is 5.85. The molecule has 0 aliphatic heterocycles. The maximum atomic E-state index is 6.52. The van der Waals surface area contributed by atoms with Gasteiger partial charge in [-0.1, -0.05) is 44.0 Å². The van der Waals surface area contributed by atoms with E-state index in [1.165, 1.54) is 24.0 Å². The zero-order chi connectivity index (χ0) is 13.0. The molecule has 18 heavy (non-hydrogen) atoms. The molecule has 0 heterocycles. The molecular weight excluding hydrogens is 222 g/mol. The quantitative estimate of drug-likeness (QED) is 0.863. The molecule has 0 saturated heterocycles. The molecule has 0 spiro atoms. The van der Waals surface area contributed by atoms with Crippen LogP contribution in [0, 0.1) is 0 Å². The molecule has 1 unspecified atom stereocenters. The average molecular weight is 247 g/mol. The summed E-state index contributed by atoms with van der Waals surface area (Å²) < 4.78 is 6.06. The van der Waals surface area contributed by atoms with E-state index in [4.69, 9.17) is 10.5 Å². The van der Waals surface area contributed by atoms with Crippen molar-refractivity contribution in [1.29, 1.82) is 0 Å². The monoisotopic (exact) mass is 247 g/mol. The van der Waals surface area contributed by atoms with E-state index in [0.717, 1.165) is 25.9 Å². The molecule has 2 N–H and O–H groups in total. The highest BCUT2D eigenvalue weighted by atomic mass is 16.5. The molecule has 0 radical (unpaired) electrons. The molecule has 1 saturated carbocycles. The summed E-state index contributed by atoms with van der Waals surface area (Å²) in [5, 5.41) is 0. The van der Waals surface area contributed by atoms with Crippen molar-refractivity contribution in [2.45, 2.75) is 57.6 Å². The Kier molecular flexibility index (Phi) is 4.41. The van der Waals surface area contributed by atoms with Crippen LogP contribution < -0.4 is 5.73 Å². The lowest BCUT2D eigenvalue weighted by Gasteiger charge is -2.35. The number of ether oxygens (including phenoxy) is 1. The summed E-state index contributed by atoms with van der Waals surface area (Å²) in [5.74, 6) is 0. The first-order valence-electron chi connectivity index (χ1n) is 7.20. The fraction of sp³-hybridized carbons (Fsp3) is 0.625. The first-order chi connectivity index (χ1) is 8.72. The number of hydrogen-bond donors (Lipinski definition) is 1. The molecular formula is C16H25NO. The Morgan fingerprint density at radius 2 is 2.00 bits per heavy atom. The predicted octanol–water partition coefficient (Wildman–Crippen LogP) is 3.60. The van der Waals surface area contributed by atoms with E-state index in [-0.39, 0.29) is 11.6 Å². The Bertz CT molecular complexity index is 382. The fourth-order valence-corrected chi connectivity index (χ4v) is 3.12. The first-order valence-corrected chi connectivity index (χ1v) is 7.20. The van der Waals surface area contributed by atoms with Crippen molar-refractivity contribution < 1.29 is 4.74 Å². The van der Waals surface area contributed by atoms with Crippen LogP contribution in [-0.4, -0.2) is 12.2 Å². The lowest BCUT2D eigenvalue weighted by Crippen LogP contribution is -2.41. The molecule has 2 rings (SSSR count). The Hall–Kier alpha value is -0.860. The van der Waals surface area contributed by atoms with Crippen LogP contribution in [-0.2, 0) is 11.2 Å². The van der Waals surface area contributed by atoms with Gasteiger partial charge in [0.15, 0.2) is 0 Å². The van der Waals surface area contributed by atoms with E-state index >= 15 is 0 Å². The van der Waals surface area contributed by atoms with E-state index in [2.05, 4.69) is 38.1 Å². The van der Waals surface area contributed by atoms with Gasteiger partial charge in [-0.05, 0) is 37.3 Å². The number of hydrogen-bond acceptors (Lipinski definition) is 2. The smallest absolute Gasteiger partial charge is 0.0874 e. The Balaban J connectivity index is 2.24. The van der Waals surface area contributed by atoms with Gasteiger partial charge in [0.1, 0.15) is 0 Å². The second-order valence-corrected chi connectivity index (χ2v) is 5.28. The minimum atomic E-state index is -0.124. The van der Waals surface area contributed by atoms with Gasteiger partial charge in [0.2, 0.25) is 0 Å². The largest absolute Gasteiger partial charge is 0.373 e. The van der Waals surface area contributed by atoms with Crippen LogP contribution in [0.2, 0.25) is 0 Å². The number of aryl methyl sites for hydroxylation is 1. The molecule has 0 aromatic heterocycles. The summed E-state index contributed by atoms with van der Waals surface area (Å²) in [6, 6.07) is 8.67. The third-order valence-electron chi connectivity index (χ3n) is 4.17. The Morgan fingerprint density at radius 1 is 1.28 bits per heavy atom. The summed E-state index contributed by atoms with van der Waals surface area (Å²) >= 11 is 0. The van der Waals surface area contributed by atoms with Crippen molar-refractivity contribution in [3.05, 3.63) is 35.4 Å². The van der Waals surface area contributed by atoms with Crippen molar-refractivity contribution in [2.24, 2.45) is 5.73 Å². The van der Waals surface area contributed by atoms with Gasteiger partial charge < -0.3 is 10.5 Å². The summed E-state index contributed by atoms with van der Waals surface area (Å²) in [4.78, 5) is 0. The standard InChI is InChI=1S/C16H25NO/c1-3-13-8-7-9-14(12-13)15(17)16(18-4-2)10-5-6-11-16/h7-9,12,15H,3-6,10-11,17H2,1-2H3. The van der Waals surface area contributed by atoms with Gasteiger partial charge in [0.25, 0.3) is 0 Å². The predicted molar refractivity (Wildman–Crippen MR) is 75.6 cm³/mol. The van der Waals surface area contributed by atoms with Crippen molar-refractivity contribution in [3.63, 3.8) is 0 Å². The van der Waals surface area contributed by atoms with Gasteiger partial charge in [-0.25, -0.2) is 0 Å². The Morgan fingerprint density at radius 3 is 2.61 bits per heavy atom. The fourth-order valence-electron chi connectivity index (χ4n) is 3.12. The van der Waals surface area contributed by atoms with Gasteiger partial charge in [-0.15, -0.1) is 0 Å². The summed E-state index contributed by atoms with van der Waals surface area (Å²) in [6.45, 7) is 4.99. The van der Waals surface area contributed by atoms with Crippen LogP contribution in [0.1, 0.15) is 56.7 Å². The number of rotatable bonds is 5. The maximum absolute atomic E-state index is 6.52. The van der Waals surface area contributed by atoms with Crippen LogP contribution in [0.3, 0.4) is 0 Å². The number of benzene rings is 1. The molecule has 1 aromatic rings. The van der Waals surface area contributed by atoms with Crippen LogP contribution >= 0.6 is 0 Å². The minimum Gasteiger partial charge on any atom is -0.373 e. The molecule has 1 aliphatic rings. The van der Waals surface area contributed by atoms with Gasteiger partial charge in [-0.2, -0.15) is 0 Å². The minimum absolute atomic E-state index is 0.00597. The third-order valence-corrected chi connectivity index (χ3v) is 4.17. The van der Waals surface area contributed by atoms with Crippen molar-refractivity contribution in [2.75, 3.05) is 6.61 Å². The highest BCUT2D eigenvalue weighted by molar-refractivity contribution is 5.28. The van der Waals surface area contributed by atoms with E-state index in [1.54, 1.807) is 0 Å². The van der Waals surface area contributed by atoms with E-state index in [0.29, 0.717) is 0 Å². The summed E-state index contributed by atoms with van der Waals surface area (Å²) in [6.07, 6.45) is 5.72. The normalized spacial score (nSPS) is 19.9. The molecule has 1 aliphatic carbocycles. The van der Waals surface area contributed by atoms with Crippen LogP contribution in [0.4, 0.5) is 0 Å². The Labute approximate surface area is 111 Å². The van der Waals surface area contributed by atoms with E-state index in [1.807, 2.05) is 0 Å². The highest BCUT2D eigenvalue weighted by Gasteiger charge is 2.41. The summed E-state index contributed by atoms with van der Waals surface area (Å²) in [7, 11) is 0. The van der Waals surface area contributed by atoms with E-state index in [9.17, 15) is 0 Å². The molecule has 1 atom stereocenters. The lowest BCUT2D eigenvalue weighted by atomic mass is 9.86. The van der Waals surface area contributed by atoms with Gasteiger partial charge in [-0.3, -0.25) is 0 Å².